The monoisotopic (exact) mass is 455 g/mol. The van der Waals surface area contributed by atoms with Crippen molar-refractivity contribution < 1.29 is 8.42 Å². The molecule has 5 rings (SSSR count). The molecule has 3 aromatic carbocycles. The molecule has 2 heterocycles. The van der Waals surface area contributed by atoms with Crippen molar-refractivity contribution in [1.29, 1.82) is 0 Å². The average Bonchev–Trinajstić information content (AvgIpc) is 3.28. The maximum atomic E-state index is 11.8. The van der Waals surface area contributed by atoms with Gasteiger partial charge in [-0.05, 0) is 29.3 Å². The lowest BCUT2D eigenvalue weighted by Crippen LogP contribution is -2.12. The third-order valence-corrected chi connectivity index (χ3v) is 6.23. The molecule has 0 amide bonds. The largest absolute Gasteiger partial charge is 0.364 e. The third-order valence-electron chi connectivity index (χ3n) is 5.32. The highest BCUT2D eigenvalue weighted by atomic mass is 32.2. The predicted molar refractivity (Wildman–Crippen MR) is 129 cm³/mol. The standard InChI is InChI=1S/C25H21N5O2S/c26-33(31,32)21-13-7-12-20(16-21)24-28-25(27-17-18-8-3-1-4-9-18)23-22(14-15-30(23)29-24)19-10-5-2-6-11-19/h1-16H,17H2,(H2,26,31,32)(H,27,28,29). The minimum absolute atomic E-state index is 0.0139. The zero-order chi connectivity index (χ0) is 22.8. The summed E-state index contributed by atoms with van der Waals surface area (Å²) in [4.78, 5) is 4.80. The van der Waals surface area contributed by atoms with Gasteiger partial charge in [0.05, 0.1) is 4.90 Å². The van der Waals surface area contributed by atoms with Crippen LogP contribution in [0.25, 0.3) is 28.0 Å². The lowest BCUT2D eigenvalue weighted by Gasteiger charge is -2.12. The summed E-state index contributed by atoms with van der Waals surface area (Å²) in [6, 6.07) is 28.4. The lowest BCUT2D eigenvalue weighted by molar-refractivity contribution is 0.598. The van der Waals surface area contributed by atoms with Crippen molar-refractivity contribution in [3.05, 3.63) is 103 Å². The van der Waals surface area contributed by atoms with Gasteiger partial charge in [-0.3, -0.25) is 0 Å². The molecule has 0 saturated carbocycles. The number of benzene rings is 3. The first-order chi connectivity index (χ1) is 16.0. The van der Waals surface area contributed by atoms with Crippen LogP contribution in [-0.4, -0.2) is 23.0 Å². The number of fused-ring (bicyclic) bond motifs is 1. The summed E-state index contributed by atoms with van der Waals surface area (Å²) >= 11 is 0. The molecule has 0 bridgehead atoms. The number of nitrogens with one attached hydrogen (secondary N) is 1. The molecule has 0 atom stereocenters. The molecule has 2 aromatic heterocycles. The number of sulfonamides is 1. The number of aromatic nitrogens is 3. The Morgan fingerprint density at radius 2 is 1.55 bits per heavy atom. The van der Waals surface area contributed by atoms with E-state index in [-0.39, 0.29) is 4.90 Å². The van der Waals surface area contributed by atoms with Gasteiger partial charge in [-0.25, -0.2) is 23.1 Å². The van der Waals surface area contributed by atoms with Crippen molar-refractivity contribution in [3.8, 4) is 22.5 Å². The van der Waals surface area contributed by atoms with E-state index in [1.807, 2.05) is 72.9 Å². The minimum Gasteiger partial charge on any atom is -0.364 e. The molecule has 5 aromatic rings. The van der Waals surface area contributed by atoms with Gasteiger partial charge < -0.3 is 5.32 Å². The summed E-state index contributed by atoms with van der Waals surface area (Å²) in [6.07, 6.45) is 1.88. The molecule has 0 radical (unpaired) electrons. The number of hydrogen-bond acceptors (Lipinski definition) is 5. The Balaban J connectivity index is 1.65. The Labute approximate surface area is 191 Å². The van der Waals surface area contributed by atoms with E-state index in [2.05, 4.69) is 10.4 Å². The van der Waals surface area contributed by atoms with Crippen LogP contribution in [-0.2, 0) is 16.6 Å². The first kappa shape index (κ1) is 20.9. The second-order valence-corrected chi connectivity index (χ2v) is 9.15. The highest BCUT2D eigenvalue weighted by molar-refractivity contribution is 7.89. The number of nitrogens with zero attached hydrogens (tertiary/aromatic N) is 3. The number of anilines is 1. The normalized spacial score (nSPS) is 11.5. The molecule has 0 aliphatic carbocycles. The summed E-state index contributed by atoms with van der Waals surface area (Å²) < 4.78 is 25.4. The molecule has 7 nitrogen and oxygen atoms in total. The molecule has 3 N–H and O–H groups in total. The van der Waals surface area contributed by atoms with E-state index in [0.717, 1.165) is 22.2 Å². The van der Waals surface area contributed by atoms with E-state index in [9.17, 15) is 8.42 Å². The summed E-state index contributed by atoms with van der Waals surface area (Å²) in [6.45, 7) is 0.573. The van der Waals surface area contributed by atoms with Crippen LogP contribution in [0, 0.1) is 0 Å². The van der Waals surface area contributed by atoms with E-state index >= 15 is 0 Å². The molecule has 33 heavy (non-hydrogen) atoms. The van der Waals surface area contributed by atoms with Crippen molar-refractivity contribution in [2.45, 2.75) is 11.4 Å². The summed E-state index contributed by atoms with van der Waals surface area (Å²) in [5, 5.41) is 13.4. The number of primary sulfonamides is 1. The van der Waals surface area contributed by atoms with Gasteiger partial charge in [0.25, 0.3) is 0 Å². The van der Waals surface area contributed by atoms with Crippen LogP contribution in [0.1, 0.15) is 5.56 Å². The quantitative estimate of drug-likeness (QED) is 0.397. The predicted octanol–water partition coefficient (Wildman–Crippen LogP) is 4.32. The van der Waals surface area contributed by atoms with E-state index in [1.54, 1.807) is 16.6 Å². The maximum absolute atomic E-state index is 11.8. The molecule has 0 spiro atoms. The van der Waals surface area contributed by atoms with Gasteiger partial charge in [-0.15, -0.1) is 5.10 Å². The molecule has 0 aliphatic rings. The van der Waals surface area contributed by atoms with Gasteiger partial charge in [0.1, 0.15) is 5.52 Å². The van der Waals surface area contributed by atoms with Gasteiger partial charge in [0.2, 0.25) is 10.0 Å². The second-order valence-electron chi connectivity index (χ2n) is 7.58. The molecule has 164 valence electrons. The zero-order valence-electron chi connectivity index (χ0n) is 17.6. The second kappa shape index (κ2) is 8.50. The van der Waals surface area contributed by atoms with Crippen molar-refractivity contribution in [1.82, 2.24) is 14.6 Å². The smallest absolute Gasteiger partial charge is 0.238 e. The van der Waals surface area contributed by atoms with Gasteiger partial charge in [0, 0.05) is 23.9 Å². The Hall–Kier alpha value is -4.01. The van der Waals surface area contributed by atoms with Gasteiger partial charge >= 0.3 is 0 Å². The molecule has 0 aliphatic heterocycles. The minimum atomic E-state index is -3.84. The Morgan fingerprint density at radius 3 is 2.27 bits per heavy atom. The van der Waals surface area contributed by atoms with Crippen molar-refractivity contribution in [2.24, 2.45) is 5.14 Å². The number of rotatable bonds is 6. The van der Waals surface area contributed by atoms with Gasteiger partial charge in [-0.1, -0.05) is 72.8 Å². The Bertz CT molecular complexity index is 1530. The third kappa shape index (κ3) is 4.34. The van der Waals surface area contributed by atoms with Crippen LogP contribution in [0.5, 0.6) is 0 Å². The summed E-state index contributed by atoms with van der Waals surface area (Å²) in [5.74, 6) is 1.03. The van der Waals surface area contributed by atoms with E-state index in [4.69, 9.17) is 10.1 Å². The van der Waals surface area contributed by atoms with Crippen LogP contribution < -0.4 is 10.5 Å². The maximum Gasteiger partial charge on any atom is 0.238 e. The van der Waals surface area contributed by atoms with Gasteiger partial charge in [0.15, 0.2) is 11.6 Å². The zero-order valence-corrected chi connectivity index (χ0v) is 18.4. The van der Waals surface area contributed by atoms with Crippen LogP contribution in [0.15, 0.2) is 102 Å². The fraction of sp³-hybridized carbons (Fsp3) is 0.0400. The molecule has 0 fully saturated rings. The summed E-state index contributed by atoms with van der Waals surface area (Å²) in [5.41, 5.74) is 4.55. The van der Waals surface area contributed by atoms with Crippen LogP contribution in [0.4, 0.5) is 5.82 Å². The van der Waals surface area contributed by atoms with Crippen molar-refractivity contribution >= 4 is 21.4 Å². The van der Waals surface area contributed by atoms with E-state index in [0.29, 0.717) is 23.8 Å². The fourth-order valence-electron chi connectivity index (χ4n) is 3.71. The fourth-order valence-corrected chi connectivity index (χ4v) is 4.27. The van der Waals surface area contributed by atoms with Crippen molar-refractivity contribution in [3.63, 3.8) is 0 Å². The number of hydrogen-bond donors (Lipinski definition) is 2. The topological polar surface area (TPSA) is 102 Å². The highest BCUT2D eigenvalue weighted by Crippen LogP contribution is 2.31. The van der Waals surface area contributed by atoms with Crippen LogP contribution in [0.2, 0.25) is 0 Å². The Kier molecular flexibility index (Phi) is 5.37. The number of nitrogens with two attached hydrogens (primary N) is 1. The lowest BCUT2D eigenvalue weighted by atomic mass is 10.1. The first-order valence-corrected chi connectivity index (χ1v) is 11.9. The van der Waals surface area contributed by atoms with Gasteiger partial charge in [-0.2, -0.15) is 0 Å². The molecule has 0 saturated heterocycles. The van der Waals surface area contributed by atoms with Crippen LogP contribution >= 0.6 is 0 Å². The van der Waals surface area contributed by atoms with Crippen molar-refractivity contribution in [2.75, 3.05) is 5.32 Å². The van der Waals surface area contributed by atoms with E-state index < -0.39 is 10.0 Å². The molecule has 0 unspecified atom stereocenters. The molecule has 8 heteroatoms. The summed E-state index contributed by atoms with van der Waals surface area (Å²) in [7, 11) is -3.84. The molecular formula is C25H21N5O2S. The Morgan fingerprint density at radius 1 is 0.848 bits per heavy atom. The van der Waals surface area contributed by atoms with E-state index in [1.165, 1.54) is 12.1 Å². The molecular weight excluding hydrogens is 434 g/mol. The average molecular weight is 456 g/mol. The highest BCUT2D eigenvalue weighted by Gasteiger charge is 2.16. The first-order valence-electron chi connectivity index (χ1n) is 10.3. The van der Waals surface area contributed by atoms with Crippen LogP contribution in [0.3, 0.4) is 0 Å². The SMILES string of the molecule is NS(=O)(=O)c1cccc(-c2nc(NCc3ccccc3)c3c(-c4ccccc4)ccn3n2)c1.